The van der Waals surface area contributed by atoms with Gasteiger partial charge in [-0.2, -0.15) is 0 Å². The highest BCUT2D eigenvalue weighted by molar-refractivity contribution is 7.07. The maximum Gasteiger partial charge on any atom is 0.339 e. The molecule has 0 fully saturated rings. The van der Waals surface area contributed by atoms with E-state index in [0.717, 1.165) is 16.7 Å². The number of hydrogen-bond acceptors (Lipinski definition) is 8. The summed E-state index contributed by atoms with van der Waals surface area (Å²) in [6, 6.07) is 25.0. The number of esters is 2. The average molecular weight is 667 g/mol. The number of aromatic nitrogens is 1. The van der Waals surface area contributed by atoms with Gasteiger partial charge in [-0.1, -0.05) is 91.4 Å². The van der Waals surface area contributed by atoms with Crippen molar-refractivity contribution in [1.82, 2.24) is 4.57 Å². The smallest absolute Gasteiger partial charge is 0.339 e. The first kappa shape index (κ1) is 32.0. The Labute approximate surface area is 279 Å². The van der Waals surface area contributed by atoms with Crippen molar-refractivity contribution in [2.24, 2.45) is 4.99 Å². The van der Waals surface area contributed by atoms with Crippen molar-refractivity contribution in [2.45, 2.75) is 32.7 Å². The minimum atomic E-state index is -0.776. The molecule has 0 saturated carbocycles. The van der Waals surface area contributed by atoms with E-state index < -0.39 is 18.0 Å². The predicted octanol–water partition coefficient (Wildman–Crippen LogP) is 6.76. The molecule has 0 bridgehead atoms. The number of furan rings is 1. The SMILES string of the molecule is CCOC(=O)C1=C(c2ccccc2)N=c2s/c(=C\c3ccc(-c4ccc(Cl)c(C(=O)OC)c4)o3)c(=O)n2[C@@H]1c1ccc(C(C)C)cc1. The quantitative estimate of drug-likeness (QED) is 0.170. The van der Waals surface area contributed by atoms with Crippen LogP contribution in [0.4, 0.5) is 0 Å². The molecular formula is C37H31ClN2O6S. The van der Waals surface area contributed by atoms with Crippen LogP contribution in [0, 0.1) is 0 Å². The number of hydrogen-bond donors (Lipinski definition) is 0. The van der Waals surface area contributed by atoms with Crippen molar-refractivity contribution < 1.29 is 23.5 Å². The Kier molecular flexibility index (Phi) is 9.11. The summed E-state index contributed by atoms with van der Waals surface area (Å²) in [6.07, 6.45) is 1.65. The Morgan fingerprint density at radius 1 is 1.00 bits per heavy atom. The average Bonchev–Trinajstić information content (AvgIpc) is 3.68. The Hall–Kier alpha value is -4.99. The molecule has 3 heterocycles. The lowest BCUT2D eigenvalue weighted by atomic mass is 9.91. The van der Waals surface area contributed by atoms with E-state index in [-0.39, 0.29) is 22.8 Å². The fraction of sp³-hybridized carbons (Fsp3) is 0.189. The van der Waals surface area contributed by atoms with Crippen LogP contribution in [0.5, 0.6) is 0 Å². The van der Waals surface area contributed by atoms with Crippen LogP contribution in [0.25, 0.3) is 23.1 Å². The van der Waals surface area contributed by atoms with E-state index in [1.54, 1.807) is 47.9 Å². The van der Waals surface area contributed by atoms with Crippen LogP contribution in [0.1, 0.15) is 65.5 Å². The summed E-state index contributed by atoms with van der Waals surface area (Å²) in [5.41, 5.74) is 3.90. The molecule has 10 heteroatoms. The van der Waals surface area contributed by atoms with Crippen molar-refractivity contribution in [3.63, 3.8) is 0 Å². The van der Waals surface area contributed by atoms with Crippen molar-refractivity contribution in [2.75, 3.05) is 13.7 Å². The Bertz CT molecular complexity index is 2190. The number of halogens is 1. The molecule has 0 spiro atoms. The Balaban J connectivity index is 1.52. The number of ether oxygens (including phenoxy) is 2. The Morgan fingerprint density at radius 2 is 1.74 bits per heavy atom. The summed E-state index contributed by atoms with van der Waals surface area (Å²) >= 11 is 7.40. The first-order valence-corrected chi connectivity index (χ1v) is 16.3. The van der Waals surface area contributed by atoms with Gasteiger partial charge < -0.3 is 13.9 Å². The normalized spacial score (nSPS) is 14.6. The summed E-state index contributed by atoms with van der Waals surface area (Å²) in [5, 5.41) is 0.263. The largest absolute Gasteiger partial charge is 0.465 e. The molecule has 2 aromatic heterocycles. The molecule has 1 aliphatic rings. The van der Waals surface area contributed by atoms with Gasteiger partial charge in [-0.3, -0.25) is 9.36 Å². The molecule has 238 valence electrons. The first-order valence-electron chi connectivity index (χ1n) is 15.1. The fourth-order valence-corrected chi connectivity index (χ4v) is 6.65. The highest BCUT2D eigenvalue weighted by Crippen LogP contribution is 2.36. The van der Waals surface area contributed by atoms with Crippen molar-refractivity contribution in [1.29, 1.82) is 0 Å². The minimum absolute atomic E-state index is 0.170. The maximum atomic E-state index is 14.2. The first-order chi connectivity index (χ1) is 22.7. The third-order valence-corrected chi connectivity index (χ3v) is 9.16. The molecule has 1 atom stereocenters. The topological polar surface area (TPSA) is 100 Å². The summed E-state index contributed by atoms with van der Waals surface area (Å²) in [6.45, 7) is 6.14. The highest BCUT2D eigenvalue weighted by atomic mass is 35.5. The zero-order valence-corrected chi connectivity index (χ0v) is 27.7. The summed E-state index contributed by atoms with van der Waals surface area (Å²) in [7, 11) is 1.29. The van der Waals surface area contributed by atoms with Crippen LogP contribution in [-0.2, 0) is 14.3 Å². The second-order valence-electron chi connectivity index (χ2n) is 11.1. The van der Waals surface area contributed by atoms with Gasteiger partial charge in [0, 0.05) is 17.2 Å². The lowest BCUT2D eigenvalue weighted by molar-refractivity contribution is -0.138. The zero-order chi connectivity index (χ0) is 33.2. The van der Waals surface area contributed by atoms with Crippen LogP contribution < -0.4 is 14.9 Å². The van der Waals surface area contributed by atoms with Crippen molar-refractivity contribution >= 4 is 46.6 Å². The molecule has 47 heavy (non-hydrogen) atoms. The second kappa shape index (κ2) is 13.4. The van der Waals surface area contributed by atoms with Gasteiger partial charge in [0.15, 0.2) is 4.80 Å². The second-order valence-corrected chi connectivity index (χ2v) is 12.6. The summed E-state index contributed by atoms with van der Waals surface area (Å²) in [5.74, 6) is 0.113. The highest BCUT2D eigenvalue weighted by Gasteiger charge is 2.35. The van der Waals surface area contributed by atoms with Gasteiger partial charge in [-0.15, -0.1) is 0 Å². The Morgan fingerprint density at radius 3 is 2.43 bits per heavy atom. The lowest BCUT2D eigenvalue weighted by Crippen LogP contribution is -2.40. The fourth-order valence-electron chi connectivity index (χ4n) is 5.48. The number of benzene rings is 3. The van der Waals surface area contributed by atoms with Crippen LogP contribution in [-0.4, -0.2) is 30.2 Å². The van der Waals surface area contributed by atoms with Gasteiger partial charge in [0.1, 0.15) is 11.5 Å². The predicted molar refractivity (Wildman–Crippen MR) is 182 cm³/mol. The van der Waals surface area contributed by atoms with Gasteiger partial charge in [-0.05, 0) is 54.3 Å². The number of carbonyl (C=O) groups is 2. The van der Waals surface area contributed by atoms with Gasteiger partial charge in [0.25, 0.3) is 5.56 Å². The van der Waals surface area contributed by atoms with E-state index in [4.69, 9.17) is 30.5 Å². The van der Waals surface area contributed by atoms with Gasteiger partial charge in [0.2, 0.25) is 0 Å². The molecule has 0 unspecified atom stereocenters. The van der Waals surface area contributed by atoms with Gasteiger partial charge >= 0.3 is 11.9 Å². The van der Waals surface area contributed by atoms with E-state index in [2.05, 4.69) is 13.8 Å². The van der Waals surface area contributed by atoms with Crippen molar-refractivity contribution in [3.8, 4) is 11.3 Å². The number of nitrogens with zero attached hydrogens (tertiary/aromatic N) is 2. The molecule has 1 aliphatic heterocycles. The molecule has 8 nitrogen and oxygen atoms in total. The molecule has 0 saturated heterocycles. The molecule has 6 rings (SSSR count). The van der Waals surface area contributed by atoms with Gasteiger partial charge in [-0.25, -0.2) is 14.6 Å². The molecule has 0 radical (unpaired) electrons. The minimum Gasteiger partial charge on any atom is -0.465 e. The molecule has 0 N–H and O–H groups in total. The third-order valence-electron chi connectivity index (χ3n) is 7.85. The number of methoxy groups -OCH3 is 1. The number of fused-ring (bicyclic) bond motifs is 1. The summed E-state index contributed by atoms with van der Waals surface area (Å²) in [4.78, 5) is 45.4. The number of carbonyl (C=O) groups excluding carboxylic acids is 2. The van der Waals surface area contributed by atoms with Gasteiger partial charge in [0.05, 0.1) is 46.1 Å². The molecular weight excluding hydrogens is 636 g/mol. The number of rotatable bonds is 8. The van der Waals surface area contributed by atoms with Crippen LogP contribution in [0.3, 0.4) is 0 Å². The summed E-state index contributed by atoms with van der Waals surface area (Å²) < 4.78 is 18.4. The monoisotopic (exact) mass is 666 g/mol. The molecule has 0 aliphatic carbocycles. The molecule has 5 aromatic rings. The standard InChI is InChI=1S/C37H31ClN2O6S/c1-5-45-36(43)31-32(23-9-7-6-8-10-23)39-37-40(33(31)24-13-11-22(12-14-24)21(2)3)34(41)30(47-37)20-26-16-18-29(46-26)25-15-17-28(38)27(19-25)35(42)44-4/h6-21,33H,5H2,1-4H3/b30-20-/t33-/m1/s1. The van der Waals surface area contributed by atoms with Crippen molar-refractivity contribution in [3.05, 3.63) is 143 Å². The van der Waals surface area contributed by atoms with E-state index in [1.807, 2.05) is 54.6 Å². The maximum absolute atomic E-state index is 14.2. The van der Waals surface area contributed by atoms with Crippen LogP contribution in [0.2, 0.25) is 5.02 Å². The molecule has 3 aromatic carbocycles. The van der Waals surface area contributed by atoms with E-state index >= 15 is 0 Å². The lowest BCUT2D eigenvalue weighted by Gasteiger charge is -2.26. The van der Waals surface area contributed by atoms with Crippen LogP contribution >= 0.6 is 22.9 Å². The molecule has 0 amide bonds. The number of thiazole rings is 1. The van der Waals surface area contributed by atoms with E-state index in [0.29, 0.717) is 43.6 Å². The van der Waals surface area contributed by atoms with E-state index in [1.165, 1.54) is 18.4 Å². The van der Waals surface area contributed by atoms with E-state index in [9.17, 15) is 14.4 Å². The third kappa shape index (κ3) is 6.24. The zero-order valence-electron chi connectivity index (χ0n) is 26.2. The van der Waals surface area contributed by atoms with Crippen LogP contribution in [0.15, 0.2) is 105 Å².